The maximum Gasteiger partial charge on any atom is 0.416 e. The lowest BCUT2D eigenvalue weighted by Crippen LogP contribution is -2.15. The van der Waals surface area contributed by atoms with Crippen molar-refractivity contribution in [3.05, 3.63) is 135 Å². The van der Waals surface area contributed by atoms with Crippen LogP contribution in [0.1, 0.15) is 55.8 Å². The van der Waals surface area contributed by atoms with Crippen molar-refractivity contribution >= 4 is 101 Å². The van der Waals surface area contributed by atoms with Gasteiger partial charge in [0.1, 0.15) is 11.5 Å². The fourth-order valence-corrected chi connectivity index (χ4v) is 8.67. The number of methoxy groups -OCH3 is 1. The van der Waals surface area contributed by atoms with Gasteiger partial charge >= 0.3 is 12.4 Å². The van der Waals surface area contributed by atoms with E-state index in [0.717, 1.165) is 78.4 Å². The largest absolute Gasteiger partial charge is 0.507 e. The van der Waals surface area contributed by atoms with E-state index >= 15 is 0 Å². The highest BCUT2D eigenvalue weighted by Crippen LogP contribution is 2.37. The Kier molecular flexibility index (Phi) is 20.2. The first kappa shape index (κ1) is 55.3. The number of phenolic OH excluding ortho intramolecular Hbond substituents is 1. The van der Waals surface area contributed by atoms with Crippen LogP contribution in [-0.4, -0.2) is 90.1 Å². The van der Waals surface area contributed by atoms with Gasteiger partial charge in [0.05, 0.1) is 49.8 Å². The van der Waals surface area contributed by atoms with Gasteiger partial charge in [0.15, 0.2) is 10.3 Å². The fraction of sp³-hybridized carbons (Fsp3) is 0.283. The average Bonchev–Trinajstić information content (AvgIpc) is 3.87. The highest BCUT2D eigenvalue weighted by atomic mass is 35.5. The van der Waals surface area contributed by atoms with Crippen LogP contribution in [0.2, 0.25) is 10.0 Å². The Hall–Kier alpha value is -5.28. The number of amides is 2. The number of carbonyl (C=O) groups excluding carboxylic acids is 2. The molecule has 0 saturated carbocycles. The van der Waals surface area contributed by atoms with Crippen molar-refractivity contribution in [1.29, 1.82) is 0 Å². The number of ether oxygens (including phenoxy) is 1. The Bertz CT molecular complexity index is 2770. The van der Waals surface area contributed by atoms with Crippen LogP contribution in [0.25, 0.3) is 20.4 Å². The molecule has 0 aliphatic carbocycles. The van der Waals surface area contributed by atoms with Crippen LogP contribution in [0.5, 0.6) is 11.5 Å². The Morgan fingerprint density at radius 3 is 1.53 bits per heavy atom. The summed E-state index contributed by atoms with van der Waals surface area (Å²) in [5.41, 5.74) is 0.739. The molecule has 2 amide bonds. The van der Waals surface area contributed by atoms with E-state index in [4.69, 9.17) is 27.9 Å². The molecule has 7 rings (SSSR count). The van der Waals surface area contributed by atoms with E-state index in [1.54, 1.807) is 24.5 Å². The quantitative estimate of drug-likeness (QED) is 0.0966. The number of aromatic hydroxyl groups is 1. The van der Waals surface area contributed by atoms with Crippen LogP contribution in [0, 0.1) is 0 Å². The minimum atomic E-state index is -4.46. The lowest BCUT2D eigenvalue weighted by atomic mass is 10.0. The zero-order valence-corrected chi connectivity index (χ0v) is 41.0. The zero-order chi connectivity index (χ0) is 49.1. The number of halogens is 9. The van der Waals surface area contributed by atoms with Gasteiger partial charge < -0.3 is 19.6 Å². The molecule has 0 radical (unpaired) electrons. The molecular formula is C46H46Cl3F6N7O4S2. The van der Waals surface area contributed by atoms with Crippen LogP contribution in [0.4, 0.5) is 36.6 Å². The summed E-state index contributed by atoms with van der Waals surface area (Å²) in [4.78, 5) is 41.8. The standard InChI is InChI=1S/C21H21ClF3N3O2S.C20H19ClF3N3O2S.C5H5N.ClH/c1-28(2)8-4-5-12-9-14(22)11-15(18(12)30-3)19(29)27-20-26-16-7-6-13(21(23,24)25)10-17(16)31-20;1-27(2)7-3-4-11-8-13(21)10-14(17(11)28)18(29)26-19-25-15-6-5-12(20(22,23)24)9-16(15)30-19;1-2-4-6-5-3-1;/h6-7,9-11H,4-5,8H2,1-3H3,(H,26,27,29);5-6,8-10,28H,3-4,7H2,1-2H3,(H,25,26,29);1-5H;1H. The van der Waals surface area contributed by atoms with E-state index in [2.05, 4.69) is 30.5 Å². The Balaban J connectivity index is 0.000000260. The summed E-state index contributed by atoms with van der Waals surface area (Å²) in [6.07, 6.45) is -2.59. The third kappa shape index (κ3) is 15.9. The summed E-state index contributed by atoms with van der Waals surface area (Å²) >= 11 is 14.2. The molecule has 3 aromatic heterocycles. The number of hydrogen-bond acceptors (Lipinski definition) is 11. The number of hydrogen-bond donors (Lipinski definition) is 3. The second-order valence-corrected chi connectivity index (χ2v) is 18.2. The van der Waals surface area contributed by atoms with E-state index < -0.39 is 35.3 Å². The van der Waals surface area contributed by atoms with Crippen LogP contribution in [0.3, 0.4) is 0 Å². The number of benzene rings is 4. The van der Waals surface area contributed by atoms with Crippen molar-refractivity contribution in [3.63, 3.8) is 0 Å². The third-order valence-corrected chi connectivity index (χ3v) is 11.8. The van der Waals surface area contributed by atoms with Gasteiger partial charge in [0, 0.05) is 22.4 Å². The van der Waals surface area contributed by atoms with Crippen LogP contribution < -0.4 is 15.4 Å². The Morgan fingerprint density at radius 1 is 0.676 bits per heavy atom. The van der Waals surface area contributed by atoms with E-state index in [-0.39, 0.29) is 39.5 Å². The van der Waals surface area contributed by atoms with Gasteiger partial charge in [-0.2, -0.15) is 26.3 Å². The summed E-state index contributed by atoms with van der Waals surface area (Å²) in [6.45, 7) is 1.67. The zero-order valence-electron chi connectivity index (χ0n) is 37.1. The highest BCUT2D eigenvalue weighted by molar-refractivity contribution is 7.22. The number of carbonyl (C=O) groups is 2. The predicted molar refractivity (Wildman–Crippen MR) is 262 cm³/mol. The van der Waals surface area contributed by atoms with Crippen molar-refractivity contribution in [1.82, 2.24) is 24.8 Å². The van der Waals surface area contributed by atoms with Gasteiger partial charge in [-0.1, -0.05) is 51.9 Å². The molecule has 0 bridgehead atoms. The first-order chi connectivity index (χ1) is 31.6. The normalized spacial score (nSPS) is 11.4. The molecule has 11 nitrogen and oxygen atoms in total. The topological polar surface area (TPSA) is 133 Å². The van der Waals surface area contributed by atoms with Gasteiger partial charge in [-0.05, 0) is 151 Å². The van der Waals surface area contributed by atoms with Gasteiger partial charge in [0.2, 0.25) is 0 Å². The minimum Gasteiger partial charge on any atom is -0.507 e. The third-order valence-electron chi connectivity index (χ3n) is 9.52. The summed E-state index contributed by atoms with van der Waals surface area (Å²) in [5.74, 6) is -0.889. The SMILES string of the molecule is CN(C)CCCc1cc(Cl)cc(C(=O)Nc2nc3ccc(C(F)(F)F)cc3s2)c1O.COc1c(CCCN(C)C)cc(Cl)cc1C(=O)Nc1nc2ccc(C(F)(F)F)cc2s1.Cl.c1ccncc1. The Morgan fingerprint density at radius 2 is 1.12 bits per heavy atom. The van der Waals surface area contributed by atoms with E-state index in [1.807, 2.05) is 51.3 Å². The number of anilines is 2. The van der Waals surface area contributed by atoms with Crippen LogP contribution in [-0.2, 0) is 25.2 Å². The molecular weight excluding hydrogens is 999 g/mol. The number of thiazole rings is 2. The number of pyridine rings is 1. The number of aromatic nitrogens is 3. The van der Waals surface area contributed by atoms with E-state index in [1.165, 1.54) is 31.4 Å². The number of aryl methyl sites for hydroxylation is 2. The number of phenols is 1. The predicted octanol–water partition coefficient (Wildman–Crippen LogP) is 12.6. The maximum absolute atomic E-state index is 12.9. The molecule has 7 aromatic rings. The molecule has 3 heterocycles. The van der Waals surface area contributed by atoms with Gasteiger partial charge in [0.25, 0.3) is 11.8 Å². The summed E-state index contributed by atoms with van der Waals surface area (Å²) in [6, 6.07) is 18.4. The molecule has 0 atom stereocenters. The number of alkyl halides is 6. The smallest absolute Gasteiger partial charge is 0.416 e. The second-order valence-electron chi connectivity index (χ2n) is 15.3. The second kappa shape index (κ2) is 24.8. The molecule has 4 aromatic carbocycles. The van der Waals surface area contributed by atoms with Gasteiger partial charge in [-0.15, -0.1) is 12.4 Å². The molecule has 0 spiro atoms. The fourth-order valence-electron chi connectivity index (χ4n) is 6.39. The van der Waals surface area contributed by atoms with Crippen LogP contribution >= 0.6 is 58.3 Å². The molecule has 0 aliphatic rings. The molecule has 364 valence electrons. The first-order valence-corrected chi connectivity index (χ1v) is 22.6. The number of fused-ring (bicyclic) bond motifs is 2. The lowest BCUT2D eigenvalue weighted by molar-refractivity contribution is -0.138. The van der Waals surface area contributed by atoms with E-state index in [0.29, 0.717) is 54.6 Å². The summed E-state index contributed by atoms with van der Waals surface area (Å²) in [7, 11) is 9.30. The van der Waals surface area contributed by atoms with Crippen molar-refractivity contribution in [2.24, 2.45) is 0 Å². The maximum atomic E-state index is 12.9. The van der Waals surface area contributed by atoms with Crippen molar-refractivity contribution < 1.29 is 45.8 Å². The monoisotopic (exact) mass is 1040 g/mol. The minimum absolute atomic E-state index is 0. The molecule has 22 heteroatoms. The molecule has 0 fully saturated rings. The first-order valence-electron chi connectivity index (χ1n) is 20.2. The lowest BCUT2D eigenvalue weighted by Gasteiger charge is -2.15. The van der Waals surface area contributed by atoms with Crippen molar-refractivity contribution in [2.75, 3.05) is 59.0 Å². The van der Waals surface area contributed by atoms with E-state index in [9.17, 15) is 41.0 Å². The summed E-state index contributed by atoms with van der Waals surface area (Å²) in [5, 5.41) is 16.7. The highest BCUT2D eigenvalue weighted by Gasteiger charge is 2.32. The molecule has 3 N–H and O–H groups in total. The van der Waals surface area contributed by atoms with Crippen molar-refractivity contribution in [2.45, 2.75) is 38.0 Å². The molecule has 0 aliphatic heterocycles. The number of nitrogens with one attached hydrogen (secondary N) is 2. The Labute approximate surface area is 412 Å². The number of rotatable bonds is 13. The van der Waals surface area contributed by atoms with Crippen molar-refractivity contribution in [3.8, 4) is 11.5 Å². The van der Waals surface area contributed by atoms with Crippen LogP contribution in [0.15, 0.2) is 91.3 Å². The molecule has 0 saturated heterocycles. The number of nitrogens with zero attached hydrogens (tertiary/aromatic N) is 5. The van der Waals surface area contributed by atoms with Gasteiger partial charge in [-0.3, -0.25) is 25.2 Å². The summed E-state index contributed by atoms with van der Waals surface area (Å²) < 4.78 is 83.5. The molecule has 0 unspecified atom stereocenters. The average molecular weight is 1050 g/mol. The molecule has 68 heavy (non-hydrogen) atoms. The van der Waals surface area contributed by atoms with Gasteiger partial charge in [-0.25, -0.2) is 9.97 Å².